The first-order valence-corrected chi connectivity index (χ1v) is 4.23. The van der Waals surface area contributed by atoms with Crippen LogP contribution in [0.5, 0.6) is 0 Å². The Labute approximate surface area is 78.5 Å². The van der Waals surface area contributed by atoms with Gasteiger partial charge in [-0.05, 0) is 40.5 Å². The number of carbonyl (C=O) groups is 1. The molecule has 0 aromatic heterocycles. The van der Waals surface area contributed by atoms with E-state index < -0.39 is 0 Å². The topological polar surface area (TPSA) is 17.1 Å². The van der Waals surface area contributed by atoms with Gasteiger partial charge >= 0.3 is 0 Å². The average molecular weight is 233 g/mol. The summed E-state index contributed by atoms with van der Waals surface area (Å²) in [4.78, 5) is 10.4. The van der Waals surface area contributed by atoms with Crippen molar-refractivity contribution in [1.29, 1.82) is 0 Å². The Morgan fingerprint density at radius 1 is 1.55 bits per heavy atom. The summed E-state index contributed by atoms with van der Waals surface area (Å²) >= 11 is 9.02. The normalized spacial score (nSPS) is 9.73. The van der Waals surface area contributed by atoms with E-state index in [-0.39, 0.29) is 0 Å². The summed E-state index contributed by atoms with van der Waals surface area (Å²) in [6, 6.07) is 3.62. The number of carbonyl (C=O) groups excluding carboxylic acids is 1. The van der Waals surface area contributed by atoms with Gasteiger partial charge in [0.1, 0.15) is 0 Å². The van der Waals surface area contributed by atoms with Crippen LogP contribution in [0.3, 0.4) is 0 Å². The molecule has 0 aliphatic rings. The third-order valence-corrected chi connectivity index (χ3v) is 2.31. The smallest absolute Gasteiger partial charge is 0.152 e. The van der Waals surface area contributed by atoms with Crippen molar-refractivity contribution in [3.05, 3.63) is 32.8 Å². The Bertz CT molecular complexity index is 273. The molecule has 0 saturated carbocycles. The van der Waals surface area contributed by atoms with Crippen molar-refractivity contribution in [3.8, 4) is 0 Å². The SMILES string of the molecule is Cc1cc(Cl)c(C=O)c(Br)c1. The zero-order valence-electron chi connectivity index (χ0n) is 5.90. The van der Waals surface area contributed by atoms with Gasteiger partial charge in [-0.1, -0.05) is 11.6 Å². The number of benzene rings is 1. The minimum Gasteiger partial charge on any atom is -0.298 e. The van der Waals surface area contributed by atoms with Crippen LogP contribution in [0.2, 0.25) is 5.02 Å². The molecule has 0 bridgehead atoms. The lowest BCUT2D eigenvalue weighted by molar-refractivity contribution is 0.112. The molecule has 0 amide bonds. The largest absolute Gasteiger partial charge is 0.298 e. The maximum absolute atomic E-state index is 10.4. The Kier molecular flexibility index (Phi) is 2.68. The van der Waals surface area contributed by atoms with E-state index in [1.165, 1.54) is 0 Å². The minimum absolute atomic E-state index is 0.492. The van der Waals surface area contributed by atoms with Crippen LogP contribution in [0, 0.1) is 6.92 Å². The summed E-state index contributed by atoms with van der Waals surface area (Å²) in [5.74, 6) is 0. The van der Waals surface area contributed by atoms with Crippen LogP contribution in [-0.4, -0.2) is 6.29 Å². The zero-order valence-corrected chi connectivity index (χ0v) is 8.24. The van der Waals surface area contributed by atoms with Gasteiger partial charge in [0.15, 0.2) is 6.29 Å². The molecule has 0 fully saturated rings. The van der Waals surface area contributed by atoms with Crippen molar-refractivity contribution >= 4 is 33.8 Å². The molecule has 11 heavy (non-hydrogen) atoms. The van der Waals surface area contributed by atoms with Crippen molar-refractivity contribution < 1.29 is 4.79 Å². The van der Waals surface area contributed by atoms with Gasteiger partial charge in [0.2, 0.25) is 0 Å². The summed E-state index contributed by atoms with van der Waals surface area (Å²) in [6.07, 6.45) is 0.742. The van der Waals surface area contributed by atoms with Crippen LogP contribution in [0.1, 0.15) is 15.9 Å². The lowest BCUT2D eigenvalue weighted by Gasteiger charge is -2.00. The summed E-state index contributed by atoms with van der Waals surface area (Å²) in [5.41, 5.74) is 1.55. The van der Waals surface area contributed by atoms with Gasteiger partial charge < -0.3 is 0 Å². The third-order valence-electron chi connectivity index (χ3n) is 1.34. The molecule has 0 aliphatic heterocycles. The lowest BCUT2D eigenvalue weighted by Crippen LogP contribution is -1.85. The summed E-state index contributed by atoms with van der Waals surface area (Å²) < 4.78 is 0.748. The maximum Gasteiger partial charge on any atom is 0.152 e. The fourth-order valence-corrected chi connectivity index (χ4v) is 1.92. The summed E-state index contributed by atoms with van der Waals surface area (Å²) in [6.45, 7) is 1.92. The molecule has 1 aromatic carbocycles. The van der Waals surface area contributed by atoms with E-state index in [1.807, 2.05) is 13.0 Å². The van der Waals surface area contributed by atoms with E-state index in [0.717, 1.165) is 16.3 Å². The second kappa shape index (κ2) is 3.37. The fraction of sp³-hybridized carbons (Fsp3) is 0.125. The van der Waals surface area contributed by atoms with Crippen molar-refractivity contribution in [2.24, 2.45) is 0 Å². The molecule has 0 atom stereocenters. The van der Waals surface area contributed by atoms with E-state index >= 15 is 0 Å². The molecule has 0 aliphatic carbocycles. The standard InChI is InChI=1S/C8H6BrClO/c1-5-2-7(9)6(4-11)8(10)3-5/h2-4H,1H3. The van der Waals surface area contributed by atoms with Crippen molar-refractivity contribution in [3.63, 3.8) is 0 Å². The minimum atomic E-state index is 0.492. The van der Waals surface area contributed by atoms with E-state index in [2.05, 4.69) is 15.9 Å². The lowest BCUT2D eigenvalue weighted by atomic mass is 10.2. The van der Waals surface area contributed by atoms with Crippen LogP contribution in [-0.2, 0) is 0 Å². The molecule has 0 saturated heterocycles. The van der Waals surface area contributed by atoms with E-state index in [1.54, 1.807) is 6.07 Å². The molecule has 3 heteroatoms. The molecule has 0 unspecified atom stereocenters. The first-order valence-electron chi connectivity index (χ1n) is 3.06. The van der Waals surface area contributed by atoms with E-state index in [9.17, 15) is 4.79 Å². The fourth-order valence-electron chi connectivity index (χ4n) is 0.824. The quantitative estimate of drug-likeness (QED) is 0.681. The molecule has 0 spiro atoms. The zero-order chi connectivity index (χ0) is 8.43. The third kappa shape index (κ3) is 1.82. The molecule has 1 aromatic rings. The van der Waals surface area contributed by atoms with Crippen molar-refractivity contribution in [1.82, 2.24) is 0 Å². The molecular formula is C8H6BrClO. The number of hydrogen-bond donors (Lipinski definition) is 0. The van der Waals surface area contributed by atoms with Gasteiger partial charge in [-0.2, -0.15) is 0 Å². The first kappa shape index (κ1) is 8.75. The maximum atomic E-state index is 10.4. The van der Waals surface area contributed by atoms with E-state index in [0.29, 0.717) is 10.6 Å². The van der Waals surface area contributed by atoms with Crippen LogP contribution in [0.25, 0.3) is 0 Å². The highest BCUT2D eigenvalue weighted by Gasteiger charge is 2.03. The highest BCUT2D eigenvalue weighted by Crippen LogP contribution is 2.24. The molecular weight excluding hydrogens is 227 g/mol. The second-order valence-corrected chi connectivity index (χ2v) is 3.52. The molecule has 1 nitrogen and oxygen atoms in total. The Hall–Kier alpha value is -0.340. The van der Waals surface area contributed by atoms with Gasteiger partial charge in [-0.15, -0.1) is 0 Å². The molecule has 0 radical (unpaired) electrons. The predicted octanol–water partition coefficient (Wildman–Crippen LogP) is 3.22. The highest BCUT2D eigenvalue weighted by molar-refractivity contribution is 9.10. The Morgan fingerprint density at radius 2 is 2.18 bits per heavy atom. The van der Waals surface area contributed by atoms with Crippen LogP contribution in [0.15, 0.2) is 16.6 Å². The highest BCUT2D eigenvalue weighted by atomic mass is 79.9. The summed E-state index contributed by atoms with van der Waals surface area (Å²) in [5, 5.41) is 0.492. The van der Waals surface area contributed by atoms with Crippen LogP contribution in [0.4, 0.5) is 0 Å². The molecule has 0 N–H and O–H groups in total. The Balaban J connectivity index is 3.36. The van der Waals surface area contributed by atoms with Crippen LogP contribution >= 0.6 is 27.5 Å². The van der Waals surface area contributed by atoms with E-state index in [4.69, 9.17) is 11.6 Å². The molecule has 58 valence electrons. The van der Waals surface area contributed by atoms with Gasteiger partial charge in [-0.3, -0.25) is 4.79 Å². The molecule has 1 rings (SSSR count). The summed E-state index contributed by atoms with van der Waals surface area (Å²) in [7, 11) is 0. The van der Waals surface area contributed by atoms with Crippen molar-refractivity contribution in [2.45, 2.75) is 6.92 Å². The first-order chi connectivity index (χ1) is 5.15. The number of halogens is 2. The van der Waals surface area contributed by atoms with Crippen LogP contribution < -0.4 is 0 Å². The van der Waals surface area contributed by atoms with Crippen molar-refractivity contribution in [2.75, 3.05) is 0 Å². The number of aldehydes is 1. The predicted molar refractivity (Wildman–Crippen MR) is 49.3 cm³/mol. The average Bonchev–Trinajstić information content (AvgIpc) is 1.85. The second-order valence-electron chi connectivity index (χ2n) is 2.26. The molecule has 0 heterocycles. The number of rotatable bonds is 1. The van der Waals surface area contributed by atoms with Gasteiger partial charge in [-0.25, -0.2) is 0 Å². The number of aryl methyl sites for hydroxylation is 1. The van der Waals surface area contributed by atoms with Gasteiger partial charge in [0.25, 0.3) is 0 Å². The monoisotopic (exact) mass is 232 g/mol. The number of hydrogen-bond acceptors (Lipinski definition) is 1. The Morgan fingerprint density at radius 3 is 2.64 bits per heavy atom. The van der Waals surface area contributed by atoms with Gasteiger partial charge in [0, 0.05) is 10.0 Å². The van der Waals surface area contributed by atoms with Gasteiger partial charge in [0.05, 0.1) is 5.02 Å².